The van der Waals surface area contributed by atoms with Crippen molar-refractivity contribution in [1.29, 1.82) is 0 Å². The van der Waals surface area contributed by atoms with Gasteiger partial charge in [0.25, 0.3) is 0 Å². The number of hydrogen-bond acceptors (Lipinski definition) is 4. The van der Waals surface area contributed by atoms with Crippen LogP contribution in [0.1, 0.15) is 5.69 Å². The van der Waals surface area contributed by atoms with Crippen molar-refractivity contribution in [3.8, 4) is 0 Å². The summed E-state index contributed by atoms with van der Waals surface area (Å²) >= 11 is 2.23. The van der Waals surface area contributed by atoms with Gasteiger partial charge in [-0.1, -0.05) is 0 Å². The lowest BCUT2D eigenvalue weighted by Gasteiger charge is -2.01. The lowest BCUT2D eigenvalue weighted by molar-refractivity contribution is 0.670. The zero-order valence-corrected chi connectivity index (χ0v) is 10.3. The van der Waals surface area contributed by atoms with Crippen LogP contribution >= 0.6 is 22.6 Å². The highest BCUT2D eigenvalue weighted by Gasteiger charge is 1.99. The van der Waals surface area contributed by atoms with Crippen LogP contribution in [0, 0.1) is 3.57 Å². The number of anilines is 1. The van der Waals surface area contributed by atoms with Crippen molar-refractivity contribution < 1.29 is 0 Å². The van der Waals surface area contributed by atoms with Gasteiger partial charge in [0.05, 0.1) is 34.4 Å². The molecule has 0 aliphatic heterocycles. The van der Waals surface area contributed by atoms with Crippen LogP contribution in [0.25, 0.3) is 0 Å². The van der Waals surface area contributed by atoms with Crippen molar-refractivity contribution in [3.63, 3.8) is 0 Å². The quantitative estimate of drug-likeness (QED) is 0.869. The van der Waals surface area contributed by atoms with E-state index < -0.39 is 0 Å². The maximum Gasteiger partial charge on any atom is 0.144 e. The first-order valence-corrected chi connectivity index (χ1v) is 5.52. The molecule has 0 fully saturated rings. The fourth-order valence-electron chi connectivity index (χ4n) is 1.16. The number of nitrogens with one attached hydrogen (secondary N) is 1. The van der Waals surface area contributed by atoms with E-state index in [0.29, 0.717) is 6.54 Å². The van der Waals surface area contributed by atoms with Gasteiger partial charge in [-0.05, 0) is 22.6 Å². The molecule has 0 spiro atoms. The van der Waals surface area contributed by atoms with Crippen molar-refractivity contribution in [2.24, 2.45) is 0 Å². The van der Waals surface area contributed by atoms with Crippen LogP contribution in [0.3, 0.4) is 0 Å². The Labute approximate surface area is 101 Å². The Morgan fingerprint density at radius 3 is 2.73 bits per heavy atom. The maximum absolute atomic E-state index is 4.27. The number of hydrogen-bond donors (Lipinski definition) is 1. The molecule has 2 rings (SSSR count). The molecule has 0 saturated heterocycles. The summed E-state index contributed by atoms with van der Waals surface area (Å²) in [5.74, 6) is 0.772. The highest BCUT2D eigenvalue weighted by molar-refractivity contribution is 14.1. The highest BCUT2D eigenvalue weighted by Crippen LogP contribution is 2.04. The van der Waals surface area contributed by atoms with E-state index in [1.54, 1.807) is 12.4 Å². The average molecular weight is 315 g/mol. The molecule has 0 amide bonds. The molecule has 2 aromatic heterocycles. The molecule has 0 unspecified atom stereocenters. The van der Waals surface area contributed by atoms with Gasteiger partial charge < -0.3 is 5.32 Å². The van der Waals surface area contributed by atoms with Crippen molar-refractivity contribution in [2.45, 2.75) is 6.54 Å². The molecule has 0 bridgehead atoms. The van der Waals surface area contributed by atoms with Crippen molar-refractivity contribution in [1.82, 2.24) is 19.7 Å². The molecule has 5 nitrogen and oxygen atoms in total. The minimum atomic E-state index is 0.653. The van der Waals surface area contributed by atoms with Crippen LogP contribution in [0.5, 0.6) is 0 Å². The molecule has 15 heavy (non-hydrogen) atoms. The van der Waals surface area contributed by atoms with E-state index >= 15 is 0 Å². The van der Waals surface area contributed by atoms with Gasteiger partial charge in [-0.15, -0.1) is 0 Å². The topological polar surface area (TPSA) is 55.6 Å². The Kier molecular flexibility index (Phi) is 3.14. The lowest BCUT2D eigenvalue weighted by Crippen LogP contribution is -2.03. The van der Waals surface area contributed by atoms with E-state index in [1.807, 2.05) is 24.1 Å². The number of halogens is 1. The van der Waals surface area contributed by atoms with Gasteiger partial charge in [0.2, 0.25) is 0 Å². The van der Waals surface area contributed by atoms with E-state index in [-0.39, 0.29) is 0 Å². The third kappa shape index (κ3) is 2.65. The molecule has 0 saturated carbocycles. The second-order valence-electron chi connectivity index (χ2n) is 3.00. The Hall–Kier alpha value is -1.18. The lowest BCUT2D eigenvalue weighted by atomic mass is 10.4. The minimum Gasteiger partial charge on any atom is -0.372 e. The predicted octanol–water partition coefficient (Wildman–Crippen LogP) is 1.37. The Morgan fingerprint density at radius 1 is 1.33 bits per heavy atom. The SMILES string of the molecule is CNc1cnc(Cn2cc(I)cn2)cn1. The molecule has 2 heterocycles. The monoisotopic (exact) mass is 315 g/mol. The van der Waals surface area contributed by atoms with E-state index in [2.05, 4.69) is 43.0 Å². The Morgan fingerprint density at radius 2 is 2.20 bits per heavy atom. The van der Waals surface area contributed by atoms with Crippen molar-refractivity contribution in [2.75, 3.05) is 12.4 Å². The minimum absolute atomic E-state index is 0.653. The zero-order valence-electron chi connectivity index (χ0n) is 8.18. The summed E-state index contributed by atoms with van der Waals surface area (Å²) in [5, 5.41) is 7.10. The summed E-state index contributed by atoms with van der Waals surface area (Å²) in [6.07, 6.45) is 7.24. The third-order valence-electron chi connectivity index (χ3n) is 1.89. The van der Waals surface area contributed by atoms with E-state index in [4.69, 9.17) is 0 Å². The smallest absolute Gasteiger partial charge is 0.144 e. The van der Waals surface area contributed by atoms with E-state index in [0.717, 1.165) is 15.1 Å². The number of rotatable bonds is 3. The van der Waals surface area contributed by atoms with E-state index in [1.165, 1.54) is 0 Å². The molecule has 6 heteroatoms. The second kappa shape index (κ2) is 4.56. The molecule has 0 aromatic carbocycles. The summed E-state index contributed by atoms with van der Waals surface area (Å²) in [4.78, 5) is 8.45. The summed E-state index contributed by atoms with van der Waals surface area (Å²) in [7, 11) is 1.82. The van der Waals surface area contributed by atoms with Crippen molar-refractivity contribution in [3.05, 3.63) is 34.1 Å². The second-order valence-corrected chi connectivity index (χ2v) is 4.24. The standard InChI is InChI=1S/C9H10IN5/c1-11-9-4-12-8(3-13-9)6-15-5-7(10)2-14-15/h2-5H,6H2,1H3,(H,11,13). The van der Waals surface area contributed by atoms with Crippen LogP contribution < -0.4 is 5.32 Å². The molecule has 0 aliphatic rings. The fourth-order valence-corrected chi connectivity index (χ4v) is 1.60. The maximum atomic E-state index is 4.27. The molecule has 0 radical (unpaired) electrons. The van der Waals surface area contributed by atoms with E-state index in [9.17, 15) is 0 Å². The Balaban J connectivity index is 2.11. The molecule has 2 aromatic rings. The molecular weight excluding hydrogens is 305 g/mol. The first-order chi connectivity index (χ1) is 7.28. The normalized spacial score (nSPS) is 10.3. The number of nitrogens with zero attached hydrogens (tertiary/aromatic N) is 4. The van der Waals surface area contributed by atoms with Crippen molar-refractivity contribution >= 4 is 28.4 Å². The number of aromatic nitrogens is 4. The predicted molar refractivity (Wildman–Crippen MR) is 65.6 cm³/mol. The Bertz CT molecular complexity index is 436. The summed E-state index contributed by atoms with van der Waals surface area (Å²) < 4.78 is 2.96. The van der Waals surface area contributed by atoms with Gasteiger partial charge in [0, 0.05) is 13.2 Å². The van der Waals surface area contributed by atoms with Gasteiger partial charge >= 0.3 is 0 Å². The van der Waals surface area contributed by atoms with Crippen LogP contribution in [-0.4, -0.2) is 26.8 Å². The first-order valence-electron chi connectivity index (χ1n) is 4.44. The van der Waals surface area contributed by atoms with Gasteiger partial charge in [-0.25, -0.2) is 4.98 Å². The molecule has 78 valence electrons. The fraction of sp³-hybridized carbons (Fsp3) is 0.222. The van der Waals surface area contributed by atoms with Crippen LogP contribution in [0.4, 0.5) is 5.82 Å². The summed E-state index contributed by atoms with van der Waals surface area (Å²) in [5.41, 5.74) is 0.897. The first kappa shape index (κ1) is 10.3. The summed E-state index contributed by atoms with van der Waals surface area (Å²) in [6.45, 7) is 0.653. The highest BCUT2D eigenvalue weighted by atomic mass is 127. The van der Waals surface area contributed by atoms with Gasteiger partial charge in [-0.3, -0.25) is 9.67 Å². The van der Waals surface area contributed by atoms with Gasteiger partial charge in [0.15, 0.2) is 0 Å². The van der Waals surface area contributed by atoms with Gasteiger partial charge in [-0.2, -0.15) is 5.10 Å². The van der Waals surface area contributed by atoms with Crippen LogP contribution in [0.15, 0.2) is 24.8 Å². The summed E-state index contributed by atoms with van der Waals surface area (Å²) in [6, 6.07) is 0. The van der Waals surface area contributed by atoms with Crippen LogP contribution in [-0.2, 0) is 6.54 Å². The molecular formula is C9H10IN5. The average Bonchev–Trinajstić information content (AvgIpc) is 2.65. The zero-order chi connectivity index (χ0) is 10.7. The molecule has 1 N–H and O–H groups in total. The third-order valence-corrected chi connectivity index (χ3v) is 2.44. The largest absolute Gasteiger partial charge is 0.372 e. The molecule has 0 aliphatic carbocycles. The van der Waals surface area contributed by atoms with Crippen LogP contribution in [0.2, 0.25) is 0 Å². The van der Waals surface area contributed by atoms with Gasteiger partial charge in [0.1, 0.15) is 5.82 Å². The molecule has 0 atom stereocenters.